The van der Waals surface area contributed by atoms with Gasteiger partial charge in [0.1, 0.15) is 0 Å². The van der Waals surface area contributed by atoms with Crippen molar-refractivity contribution in [2.24, 2.45) is 58.2 Å². The summed E-state index contributed by atoms with van der Waals surface area (Å²) in [4.78, 5) is 0. The van der Waals surface area contributed by atoms with Crippen LogP contribution in [0.3, 0.4) is 0 Å². The average molecular weight is 274 g/mol. The molecule has 4 rings (SSSR count). The zero-order chi connectivity index (χ0) is 14.4. The van der Waals surface area contributed by atoms with Crippen LogP contribution >= 0.6 is 0 Å². The van der Waals surface area contributed by atoms with Crippen LogP contribution in [0.4, 0.5) is 0 Å². The summed E-state index contributed by atoms with van der Waals surface area (Å²) >= 11 is 0. The zero-order valence-corrected chi connectivity index (χ0v) is 14.4. The van der Waals surface area contributed by atoms with E-state index in [-0.39, 0.29) is 0 Å². The fraction of sp³-hybridized carbons (Fsp3) is 1.00. The first-order chi connectivity index (χ1) is 9.25. The third-order valence-corrected chi connectivity index (χ3v) is 9.21. The highest BCUT2D eigenvalue weighted by Gasteiger charge is 2.69. The van der Waals surface area contributed by atoms with E-state index in [2.05, 4.69) is 41.5 Å². The summed E-state index contributed by atoms with van der Waals surface area (Å²) in [6.07, 6.45) is 6.20. The van der Waals surface area contributed by atoms with Crippen molar-refractivity contribution in [2.45, 2.75) is 67.2 Å². The fourth-order valence-electron chi connectivity index (χ4n) is 7.56. The van der Waals surface area contributed by atoms with Crippen molar-refractivity contribution in [1.82, 2.24) is 0 Å². The van der Waals surface area contributed by atoms with Gasteiger partial charge in [-0.15, -0.1) is 0 Å². The Morgan fingerprint density at radius 3 is 1.80 bits per heavy atom. The average Bonchev–Trinajstić information content (AvgIpc) is 2.88. The Labute approximate surface area is 126 Å². The van der Waals surface area contributed by atoms with Gasteiger partial charge in [-0.1, -0.05) is 41.5 Å². The minimum atomic E-state index is 0.564. The van der Waals surface area contributed by atoms with Gasteiger partial charge in [0.05, 0.1) is 0 Å². The van der Waals surface area contributed by atoms with Crippen LogP contribution in [-0.2, 0) is 0 Å². The molecule has 0 nitrogen and oxygen atoms in total. The summed E-state index contributed by atoms with van der Waals surface area (Å²) in [7, 11) is 0. The second-order valence-electron chi connectivity index (χ2n) is 10.3. The Morgan fingerprint density at radius 1 is 0.700 bits per heavy atom. The van der Waals surface area contributed by atoms with Crippen LogP contribution in [0, 0.1) is 58.2 Å². The van der Waals surface area contributed by atoms with Crippen molar-refractivity contribution in [3.63, 3.8) is 0 Å². The molecule has 0 heteroatoms. The molecule has 0 N–H and O–H groups in total. The topological polar surface area (TPSA) is 0 Å². The summed E-state index contributed by atoms with van der Waals surface area (Å²) in [5.41, 5.74) is 1.13. The molecule has 2 bridgehead atoms. The smallest absolute Gasteiger partial charge is 0.0269 e. The molecule has 0 aromatic rings. The minimum Gasteiger partial charge on any atom is -0.0625 e. The zero-order valence-electron chi connectivity index (χ0n) is 14.4. The predicted octanol–water partition coefficient (Wildman–Crippen LogP) is 5.62. The first-order valence-corrected chi connectivity index (χ1v) is 9.25. The molecule has 4 aliphatic rings. The Balaban J connectivity index is 1.66. The number of rotatable bonds is 1. The van der Waals surface area contributed by atoms with Gasteiger partial charge in [-0.3, -0.25) is 0 Å². The van der Waals surface area contributed by atoms with Crippen molar-refractivity contribution >= 4 is 0 Å². The van der Waals surface area contributed by atoms with E-state index in [1.54, 1.807) is 25.7 Å². The third-order valence-electron chi connectivity index (χ3n) is 9.21. The van der Waals surface area contributed by atoms with Crippen molar-refractivity contribution in [3.05, 3.63) is 0 Å². The molecule has 0 amide bonds. The van der Waals surface area contributed by atoms with Gasteiger partial charge in [0.2, 0.25) is 0 Å². The lowest BCUT2D eigenvalue weighted by Crippen LogP contribution is -2.47. The Hall–Kier alpha value is 0. The van der Waals surface area contributed by atoms with Crippen molar-refractivity contribution in [2.75, 3.05) is 0 Å². The van der Waals surface area contributed by atoms with E-state index in [1.165, 1.54) is 0 Å². The largest absolute Gasteiger partial charge is 0.0625 e. The maximum Gasteiger partial charge on any atom is -0.0269 e. The van der Waals surface area contributed by atoms with Crippen LogP contribution in [-0.4, -0.2) is 0 Å². The van der Waals surface area contributed by atoms with Crippen LogP contribution in [0.5, 0.6) is 0 Å². The van der Waals surface area contributed by atoms with E-state index in [4.69, 9.17) is 0 Å². The first kappa shape index (κ1) is 13.6. The lowest BCUT2D eigenvalue weighted by Gasteiger charge is -2.53. The molecular formula is C20H34. The van der Waals surface area contributed by atoms with Crippen molar-refractivity contribution in [3.8, 4) is 0 Å². The van der Waals surface area contributed by atoms with Crippen LogP contribution in [0.25, 0.3) is 0 Å². The lowest BCUT2D eigenvalue weighted by molar-refractivity contribution is -0.0516. The summed E-state index contributed by atoms with van der Waals surface area (Å²) in [6.45, 7) is 15.4. The van der Waals surface area contributed by atoms with Gasteiger partial charge in [0, 0.05) is 0 Å². The van der Waals surface area contributed by atoms with Crippen LogP contribution in [0.15, 0.2) is 0 Å². The van der Waals surface area contributed by atoms with Crippen LogP contribution < -0.4 is 0 Å². The molecule has 0 spiro atoms. The van der Waals surface area contributed by atoms with Gasteiger partial charge in [0.25, 0.3) is 0 Å². The van der Waals surface area contributed by atoms with Gasteiger partial charge in [-0.05, 0) is 83.9 Å². The highest BCUT2D eigenvalue weighted by molar-refractivity contribution is 5.17. The number of fused-ring (bicyclic) bond motifs is 5. The maximum atomic E-state index is 2.59. The van der Waals surface area contributed by atoms with Crippen molar-refractivity contribution in [1.29, 1.82) is 0 Å². The van der Waals surface area contributed by atoms with Gasteiger partial charge < -0.3 is 0 Å². The van der Waals surface area contributed by atoms with E-state index in [0.717, 1.165) is 47.3 Å². The number of hydrogen-bond acceptors (Lipinski definition) is 0. The molecule has 0 aromatic carbocycles. The lowest BCUT2D eigenvalue weighted by atomic mass is 9.52. The van der Waals surface area contributed by atoms with Crippen LogP contribution in [0.2, 0.25) is 0 Å². The van der Waals surface area contributed by atoms with Gasteiger partial charge in [0.15, 0.2) is 0 Å². The first-order valence-electron chi connectivity index (χ1n) is 9.25. The SMILES string of the molecule is CC1CC(C2CC(C)C3C2C2CC3C(C)(C)C2(C)C)C1. The predicted molar refractivity (Wildman–Crippen MR) is 85.3 cm³/mol. The molecule has 0 saturated heterocycles. The van der Waals surface area contributed by atoms with Gasteiger partial charge in [-0.2, -0.15) is 0 Å². The summed E-state index contributed by atoms with van der Waals surface area (Å²) in [5.74, 6) is 8.43. The summed E-state index contributed by atoms with van der Waals surface area (Å²) in [5, 5.41) is 0. The molecule has 0 radical (unpaired) electrons. The quantitative estimate of drug-likeness (QED) is 0.582. The molecule has 6 unspecified atom stereocenters. The van der Waals surface area contributed by atoms with Gasteiger partial charge >= 0.3 is 0 Å². The molecule has 0 aromatic heterocycles. The molecule has 20 heavy (non-hydrogen) atoms. The standard InChI is InChI=1S/C20H34/c1-11-7-13(8-11)14-9-12(2)17-15-10-16(18(14)17)20(5,6)19(15,3)4/h11-18H,7-10H2,1-6H3. The molecule has 4 fully saturated rings. The molecule has 6 atom stereocenters. The molecule has 4 saturated carbocycles. The van der Waals surface area contributed by atoms with Gasteiger partial charge in [-0.25, -0.2) is 0 Å². The van der Waals surface area contributed by atoms with E-state index >= 15 is 0 Å². The summed E-state index contributed by atoms with van der Waals surface area (Å²) < 4.78 is 0. The van der Waals surface area contributed by atoms with E-state index in [0.29, 0.717) is 10.8 Å². The number of hydrogen-bond donors (Lipinski definition) is 0. The van der Waals surface area contributed by atoms with E-state index < -0.39 is 0 Å². The fourth-order valence-corrected chi connectivity index (χ4v) is 7.56. The Bertz CT molecular complexity index is 412. The second-order valence-corrected chi connectivity index (χ2v) is 10.3. The van der Waals surface area contributed by atoms with E-state index in [1.807, 2.05) is 0 Å². The van der Waals surface area contributed by atoms with Crippen LogP contribution in [0.1, 0.15) is 67.2 Å². The molecular weight excluding hydrogens is 240 g/mol. The molecule has 0 heterocycles. The molecule has 0 aliphatic heterocycles. The second kappa shape index (κ2) is 3.85. The van der Waals surface area contributed by atoms with E-state index in [9.17, 15) is 0 Å². The van der Waals surface area contributed by atoms with Crippen molar-refractivity contribution < 1.29 is 0 Å². The molecule has 114 valence electrons. The highest BCUT2D eigenvalue weighted by Crippen LogP contribution is 2.75. The minimum absolute atomic E-state index is 0.564. The Kier molecular flexibility index (Phi) is 2.63. The highest BCUT2D eigenvalue weighted by atomic mass is 14.7. The normalized spacial score (nSPS) is 58.5. The summed E-state index contributed by atoms with van der Waals surface area (Å²) in [6, 6.07) is 0. The third kappa shape index (κ3) is 1.40. The molecule has 4 aliphatic carbocycles. The monoisotopic (exact) mass is 274 g/mol. The Morgan fingerprint density at radius 2 is 1.25 bits per heavy atom. The maximum absolute atomic E-state index is 2.59.